The van der Waals surface area contributed by atoms with Gasteiger partial charge in [-0.25, -0.2) is 4.99 Å². The second-order valence-electron chi connectivity index (χ2n) is 7.65. The van der Waals surface area contributed by atoms with Crippen molar-refractivity contribution in [1.29, 1.82) is 0 Å². The van der Waals surface area contributed by atoms with E-state index in [1.54, 1.807) is 0 Å². The first-order valence-corrected chi connectivity index (χ1v) is 12.3. The van der Waals surface area contributed by atoms with Crippen LogP contribution in [0.5, 0.6) is 0 Å². The van der Waals surface area contributed by atoms with Crippen LogP contribution in [0, 0.1) is 5.92 Å². The van der Waals surface area contributed by atoms with Crippen LogP contribution in [0.1, 0.15) is 13.8 Å². The summed E-state index contributed by atoms with van der Waals surface area (Å²) in [4.78, 5) is 4.94. The molecular weight excluding hydrogens is 477 g/mol. The van der Waals surface area contributed by atoms with Gasteiger partial charge in [0.25, 0.3) is 7.49 Å². The highest BCUT2D eigenvalue weighted by atomic mass is 79.9. The van der Waals surface area contributed by atoms with E-state index in [2.05, 4.69) is 105 Å². The third kappa shape index (κ3) is 5.18. The van der Waals surface area contributed by atoms with Gasteiger partial charge in [-0.05, 0) is 48.5 Å². The molecule has 0 N–H and O–H groups in total. The molecule has 0 radical (unpaired) electrons. The predicted octanol–water partition coefficient (Wildman–Crippen LogP) is 3.30. The molecule has 0 fully saturated rings. The van der Waals surface area contributed by atoms with E-state index < -0.39 is 7.49 Å². The van der Waals surface area contributed by atoms with E-state index in [0.29, 0.717) is 0 Å². The van der Waals surface area contributed by atoms with Gasteiger partial charge in [-0.2, -0.15) is 0 Å². The summed E-state index contributed by atoms with van der Waals surface area (Å²) in [7, 11) is -2.43. The molecule has 0 spiro atoms. The molecule has 4 heteroatoms. The first kappa shape index (κ1) is 23.9. The van der Waals surface area contributed by atoms with Gasteiger partial charge in [0.15, 0.2) is 0 Å². The van der Waals surface area contributed by atoms with Gasteiger partial charge in [-0.15, -0.1) is 0 Å². The van der Waals surface area contributed by atoms with E-state index in [1.807, 2.05) is 30.3 Å². The van der Waals surface area contributed by atoms with E-state index >= 15 is 0 Å². The van der Waals surface area contributed by atoms with Crippen molar-refractivity contribution in [2.75, 3.05) is 0 Å². The summed E-state index contributed by atoms with van der Waals surface area (Å²) in [5, 5.41) is 3.52. The summed E-state index contributed by atoms with van der Waals surface area (Å²) >= 11 is 0. The Balaban J connectivity index is 0.00000289. The fourth-order valence-electron chi connectivity index (χ4n) is 3.54. The lowest BCUT2D eigenvalue weighted by molar-refractivity contribution is -0.00000684. The predicted molar refractivity (Wildman–Crippen MR) is 135 cm³/mol. The van der Waals surface area contributed by atoms with Crippen LogP contribution in [0.3, 0.4) is 0 Å². The van der Waals surface area contributed by atoms with Gasteiger partial charge in [0.05, 0.1) is 5.69 Å². The Kier molecular flexibility index (Phi) is 8.39. The monoisotopic (exact) mass is 503 g/mol. The smallest absolute Gasteiger partial charge is 0.289 e. The molecule has 4 aromatic rings. The van der Waals surface area contributed by atoms with Crippen molar-refractivity contribution in [3.63, 3.8) is 0 Å². The van der Waals surface area contributed by atoms with Crippen LogP contribution in [0.2, 0.25) is 0 Å². The average molecular weight is 504 g/mol. The van der Waals surface area contributed by atoms with Gasteiger partial charge in [-0.1, -0.05) is 86.6 Å². The zero-order valence-electron chi connectivity index (χ0n) is 18.3. The third-order valence-corrected chi connectivity index (χ3v) is 8.62. The molecule has 0 aliphatic carbocycles. The molecule has 0 aliphatic rings. The van der Waals surface area contributed by atoms with Crippen LogP contribution < -0.4 is 32.9 Å². The summed E-state index contributed by atoms with van der Waals surface area (Å²) in [5.41, 5.74) is 0.901. The van der Waals surface area contributed by atoms with Crippen molar-refractivity contribution in [3.8, 4) is 0 Å². The van der Waals surface area contributed by atoms with E-state index in [1.165, 1.54) is 15.9 Å². The Labute approximate surface area is 202 Å². The molecule has 0 unspecified atom stereocenters. The summed E-state index contributed by atoms with van der Waals surface area (Å²) < 4.78 is 7.12. The second kappa shape index (κ2) is 11.2. The standard InChI is InChI=1S/C28H27NOP.BrH/c1-23(2)28(29-24-15-7-3-8-16-24)30-31(25-17-9-4-10-18-25,26-19-11-5-12-20-26)27-21-13-6-14-22-27;/h3-23H,1-2H3;1H/q+1;/p-1. The normalized spacial score (nSPS) is 11.7. The minimum atomic E-state index is -2.43. The molecule has 2 nitrogen and oxygen atoms in total. The quantitative estimate of drug-likeness (QED) is 0.225. The number of hydrogen-bond donors (Lipinski definition) is 0. The van der Waals surface area contributed by atoms with Crippen LogP contribution in [0.25, 0.3) is 0 Å². The van der Waals surface area contributed by atoms with Crippen molar-refractivity contribution in [1.82, 2.24) is 0 Å². The van der Waals surface area contributed by atoms with Crippen molar-refractivity contribution >= 4 is 35.0 Å². The Morgan fingerprint density at radius 2 is 0.938 bits per heavy atom. The highest BCUT2D eigenvalue weighted by Gasteiger charge is 2.50. The number of aliphatic imine (C=N–C) groups is 1. The molecule has 162 valence electrons. The van der Waals surface area contributed by atoms with Gasteiger partial charge in [0, 0.05) is 5.92 Å². The fourth-order valence-corrected chi connectivity index (χ4v) is 7.06. The van der Waals surface area contributed by atoms with E-state index in [0.717, 1.165) is 11.6 Å². The van der Waals surface area contributed by atoms with Gasteiger partial charge in [0.1, 0.15) is 15.9 Å². The van der Waals surface area contributed by atoms with Crippen molar-refractivity contribution in [3.05, 3.63) is 121 Å². The minimum absolute atomic E-state index is 0. The zero-order valence-corrected chi connectivity index (χ0v) is 20.8. The van der Waals surface area contributed by atoms with Crippen molar-refractivity contribution in [2.45, 2.75) is 13.8 Å². The summed E-state index contributed by atoms with van der Waals surface area (Å²) in [5.74, 6) is 0.881. The maximum Gasteiger partial charge on any atom is 0.289 e. The molecule has 0 aromatic heterocycles. The number of hydrogen-bond acceptors (Lipinski definition) is 2. The maximum atomic E-state index is 7.12. The molecule has 0 heterocycles. The maximum absolute atomic E-state index is 7.12. The Morgan fingerprint density at radius 1 is 0.594 bits per heavy atom. The van der Waals surface area contributed by atoms with E-state index in [4.69, 9.17) is 9.52 Å². The molecule has 4 rings (SSSR count). The molecule has 0 bridgehead atoms. The number of benzene rings is 4. The summed E-state index contributed by atoms with van der Waals surface area (Å²) in [6, 6.07) is 41.8. The lowest BCUT2D eigenvalue weighted by Crippen LogP contribution is -3.00. The van der Waals surface area contributed by atoms with E-state index in [9.17, 15) is 0 Å². The summed E-state index contributed by atoms with van der Waals surface area (Å²) in [6.45, 7) is 4.27. The molecule has 32 heavy (non-hydrogen) atoms. The zero-order chi connectivity index (χ0) is 21.5. The molecule has 4 aromatic carbocycles. The van der Waals surface area contributed by atoms with Gasteiger partial charge >= 0.3 is 0 Å². The average Bonchev–Trinajstić information content (AvgIpc) is 2.84. The van der Waals surface area contributed by atoms with Crippen LogP contribution in [0.15, 0.2) is 126 Å². The molecule has 0 aliphatic heterocycles. The number of halogens is 1. The van der Waals surface area contributed by atoms with Crippen molar-refractivity contribution < 1.29 is 21.5 Å². The summed E-state index contributed by atoms with van der Waals surface area (Å²) in [6.07, 6.45) is 0. The van der Waals surface area contributed by atoms with Crippen LogP contribution in [0.4, 0.5) is 5.69 Å². The van der Waals surface area contributed by atoms with Crippen LogP contribution in [-0.4, -0.2) is 5.90 Å². The van der Waals surface area contributed by atoms with Gasteiger partial charge in [0.2, 0.25) is 5.90 Å². The Hall–Kier alpha value is -2.74. The van der Waals surface area contributed by atoms with E-state index in [-0.39, 0.29) is 22.9 Å². The second-order valence-corrected chi connectivity index (χ2v) is 10.6. The highest BCUT2D eigenvalue weighted by molar-refractivity contribution is 7.92. The fraction of sp³-hybridized carbons (Fsp3) is 0.107. The molecule has 0 atom stereocenters. The number of rotatable bonds is 6. The lowest BCUT2D eigenvalue weighted by atomic mass is 10.2. The topological polar surface area (TPSA) is 21.6 Å². The van der Waals surface area contributed by atoms with Gasteiger partial charge in [-0.3, -0.25) is 0 Å². The third-order valence-electron chi connectivity index (χ3n) is 5.08. The SMILES string of the molecule is CC(C)C(=Nc1ccccc1)O[P+](c1ccccc1)(c1ccccc1)c1ccccc1.[Br-]. The number of para-hydroxylation sites is 1. The first-order valence-electron chi connectivity index (χ1n) is 10.6. The largest absolute Gasteiger partial charge is 1.00 e. The lowest BCUT2D eigenvalue weighted by Gasteiger charge is -2.27. The van der Waals surface area contributed by atoms with Crippen LogP contribution >= 0.6 is 7.49 Å². The van der Waals surface area contributed by atoms with Crippen LogP contribution in [-0.2, 0) is 4.52 Å². The first-order chi connectivity index (χ1) is 15.2. The minimum Gasteiger partial charge on any atom is -1.00 e. The number of nitrogens with zero attached hydrogens (tertiary/aromatic N) is 1. The molecule has 0 saturated carbocycles. The van der Waals surface area contributed by atoms with Gasteiger partial charge < -0.3 is 21.5 Å². The Bertz CT molecular complexity index is 1020. The highest BCUT2D eigenvalue weighted by Crippen LogP contribution is 2.57. The van der Waals surface area contributed by atoms with Crippen molar-refractivity contribution in [2.24, 2.45) is 10.9 Å². The molecule has 0 amide bonds. The Morgan fingerprint density at radius 3 is 1.28 bits per heavy atom. The molecular formula is C28H27BrNOP. The molecule has 0 saturated heterocycles.